The van der Waals surface area contributed by atoms with Gasteiger partial charge in [-0.15, -0.1) is 0 Å². The van der Waals surface area contributed by atoms with Crippen molar-refractivity contribution in [2.24, 2.45) is 5.41 Å². The van der Waals surface area contributed by atoms with E-state index in [4.69, 9.17) is 25.8 Å². The van der Waals surface area contributed by atoms with Crippen molar-refractivity contribution in [1.29, 1.82) is 0 Å². The Kier molecular flexibility index (Phi) is 6.75. The van der Waals surface area contributed by atoms with Crippen molar-refractivity contribution in [1.82, 2.24) is 0 Å². The van der Waals surface area contributed by atoms with Gasteiger partial charge in [0.2, 0.25) is 11.7 Å². The number of ether oxygens (including phenoxy) is 3. The molecule has 1 aliphatic carbocycles. The number of halogens is 1. The lowest BCUT2D eigenvalue weighted by Gasteiger charge is -2.43. The molecule has 0 saturated heterocycles. The Bertz CT molecular complexity index is 1270. The first-order valence-corrected chi connectivity index (χ1v) is 11.8. The summed E-state index contributed by atoms with van der Waals surface area (Å²) in [6, 6.07) is 7.72. The Morgan fingerprint density at radius 2 is 1.67 bits per heavy atom. The number of carbonyl (C=O) groups excluding carboxylic acids is 2. The number of nitrogens with zero attached hydrogens (tertiary/aromatic N) is 1. The maximum Gasteiger partial charge on any atom is 0.335 e. The topological polar surface area (TPSA) is 102 Å². The maximum absolute atomic E-state index is 13.7. The molecule has 2 aliphatic rings. The van der Waals surface area contributed by atoms with Crippen LogP contribution in [0.25, 0.3) is 0 Å². The monoisotopic (exact) mass is 513 g/mol. The van der Waals surface area contributed by atoms with Crippen molar-refractivity contribution in [3.05, 3.63) is 57.8 Å². The number of allylic oxidation sites excluding steroid dienone is 2. The number of amides is 1. The number of hydrogen-bond acceptors (Lipinski definition) is 6. The highest BCUT2D eigenvalue weighted by molar-refractivity contribution is 6.34. The number of anilines is 1. The van der Waals surface area contributed by atoms with Gasteiger partial charge in [-0.2, -0.15) is 0 Å². The molecule has 0 fully saturated rings. The number of hydrogen-bond donors (Lipinski definition) is 1. The fourth-order valence-corrected chi connectivity index (χ4v) is 5.30. The number of ketones is 1. The summed E-state index contributed by atoms with van der Waals surface area (Å²) in [5.74, 6) is -0.778. The first-order chi connectivity index (χ1) is 17.0. The number of Topliss-reactive ketones (excluding diaryl/α,β-unsaturated/α-hetero) is 1. The molecule has 1 aliphatic heterocycles. The second-order valence-electron chi connectivity index (χ2n) is 9.72. The summed E-state index contributed by atoms with van der Waals surface area (Å²) in [5.41, 5.74) is 1.59. The second kappa shape index (κ2) is 9.50. The molecular formula is C27H28ClNO7. The summed E-state index contributed by atoms with van der Waals surface area (Å²) in [7, 11) is 4.51. The summed E-state index contributed by atoms with van der Waals surface area (Å²) >= 11 is 6.46. The summed E-state index contributed by atoms with van der Waals surface area (Å²) in [6.45, 7) is 3.94. The average Bonchev–Trinajstić information content (AvgIpc) is 2.82. The molecule has 2 aromatic carbocycles. The van der Waals surface area contributed by atoms with E-state index in [0.29, 0.717) is 46.9 Å². The SMILES string of the molecule is COc1cc(C2CC(=O)N(c3cc(C(=O)O)ccc3Cl)C3=C2C(=O)CC(C)(C)C3)cc(OC)c1OC. The molecule has 0 saturated carbocycles. The van der Waals surface area contributed by atoms with E-state index in [0.717, 1.165) is 0 Å². The first kappa shape index (κ1) is 25.6. The zero-order valence-electron chi connectivity index (χ0n) is 20.8. The van der Waals surface area contributed by atoms with E-state index in [1.54, 1.807) is 12.1 Å². The van der Waals surface area contributed by atoms with Gasteiger partial charge in [-0.05, 0) is 47.7 Å². The van der Waals surface area contributed by atoms with Crippen LogP contribution in [0.15, 0.2) is 41.6 Å². The molecule has 1 unspecified atom stereocenters. The van der Waals surface area contributed by atoms with Gasteiger partial charge >= 0.3 is 5.97 Å². The quantitative estimate of drug-likeness (QED) is 0.564. The third-order valence-corrected chi connectivity index (χ3v) is 6.99. The van der Waals surface area contributed by atoms with E-state index in [1.165, 1.54) is 44.4 Å². The van der Waals surface area contributed by atoms with E-state index in [1.807, 2.05) is 13.8 Å². The van der Waals surface area contributed by atoms with Crippen molar-refractivity contribution in [2.75, 3.05) is 26.2 Å². The van der Waals surface area contributed by atoms with Gasteiger partial charge in [0.25, 0.3) is 0 Å². The number of carbonyl (C=O) groups is 3. The molecular weight excluding hydrogens is 486 g/mol. The predicted molar refractivity (Wildman–Crippen MR) is 134 cm³/mol. The van der Waals surface area contributed by atoms with Crippen LogP contribution in [-0.2, 0) is 9.59 Å². The van der Waals surface area contributed by atoms with Crippen molar-refractivity contribution >= 4 is 34.9 Å². The summed E-state index contributed by atoms with van der Waals surface area (Å²) in [5, 5.41) is 9.73. The molecule has 4 rings (SSSR count). The fraction of sp³-hybridized carbons (Fsp3) is 0.370. The van der Waals surface area contributed by atoms with Gasteiger partial charge in [0.1, 0.15) is 0 Å². The van der Waals surface area contributed by atoms with E-state index in [2.05, 4.69) is 0 Å². The third-order valence-electron chi connectivity index (χ3n) is 6.67. The standard InChI is InChI=1S/C27H28ClNO7/c1-27(2)12-19-24(20(30)13-27)16(15-9-21(34-3)25(36-5)22(10-15)35-4)11-23(31)29(19)18-8-14(26(32)33)6-7-17(18)28/h6-10,16H,11-13H2,1-5H3,(H,32,33). The fourth-order valence-electron chi connectivity index (χ4n) is 5.10. The van der Waals surface area contributed by atoms with Crippen LogP contribution in [-0.4, -0.2) is 44.1 Å². The van der Waals surface area contributed by atoms with E-state index in [9.17, 15) is 19.5 Å². The molecule has 0 bridgehead atoms. The zero-order chi connectivity index (χ0) is 26.4. The molecule has 0 aromatic heterocycles. The molecule has 36 heavy (non-hydrogen) atoms. The molecule has 1 N–H and O–H groups in total. The Hall–Kier alpha value is -3.52. The van der Waals surface area contributed by atoms with E-state index < -0.39 is 17.3 Å². The summed E-state index contributed by atoms with van der Waals surface area (Å²) < 4.78 is 16.4. The normalized spacial score (nSPS) is 19.2. The molecule has 1 amide bonds. The molecule has 0 spiro atoms. The van der Waals surface area contributed by atoms with Gasteiger partial charge in [-0.25, -0.2) is 4.79 Å². The van der Waals surface area contributed by atoms with E-state index in [-0.39, 0.29) is 34.4 Å². The smallest absolute Gasteiger partial charge is 0.335 e. The number of methoxy groups -OCH3 is 3. The van der Waals surface area contributed by atoms with Crippen LogP contribution in [0, 0.1) is 5.41 Å². The van der Waals surface area contributed by atoms with Gasteiger partial charge in [-0.1, -0.05) is 25.4 Å². The number of carboxylic acid groups (broad SMARTS) is 1. The minimum absolute atomic E-state index is 0.00232. The highest BCUT2D eigenvalue weighted by Gasteiger charge is 2.45. The molecule has 2 aromatic rings. The molecule has 1 heterocycles. The second-order valence-corrected chi connectivity index (χ2v) is 10.1. The molecule has 1 atom stereocenters. The third kappa shape index (κ3) is 4.41. The number of carboxylic acids is 1. The molecule has 190 valence electrons. The Morgan fingerprint density at radius 3 is 2.22 bits per heavy atom. The summed E-state index contributed by atoms with van der Waals surface area (Å²) in [4.78, 5) is 40.4. The zero-order valence-corrected chi connectivity index (χ0v) is 21.6. The van der Waals surface area contributed by atoms with Crippen molar-refractivity contribution in [3.63, 3.8) is 0 Å². The molecule has 8 nitrogen and oxygen atoms in total. The number of rotatable bonds is 6. The van der Waals surface area contributed by atoms with Crippen LogP contribution in [0.3, 0.4) is 0 Å². The van der Waals surface area contributed by atoms with Crippen LogP contribution in [0.5, 0.6) is 17.2 Å². The molecule has 0 radical (unpaired) electrons. The van der Waals surface area contributed by atoms with Crippen LogP contribution >= 0.6 is 11.6 Å². The van der Waals surface area contributed by atoms with E-state index >= 15 is 0 Å². The lowest BCUT2D eigenvalue weighted by Crippen LogP contribution is -2.44. The van der Waals surface area contributed by atoms with Crippen molar-refractivity contribution in [3.8, 4) is 17.2 Å². The van der Waals surface area contributed by atoms with Crippen LogP contribution in [0.4, 0.5) is 5.69 Å². The summed E-state index contributed by atoms with van der Waals surface area (Å²) in [6.07, 6.45) is 0.739. The van der Waals surface area contributed by atoms with Crippen LogP contribution in [0.1, 0.15) is 54.9 Å². The molecule has 9 heteroatoms. The minimum atomic E-state index is -1.14. The lowest BCUT2D eigenvalue weighted by atomic mass is 9.69. The first-order valence-electron chi connectivity index (χ1n) is 11.4. The van der Waals surface area contributed by atoms with Crippen molar-refractivity contribution in [2.45, 2.75) is 39.0 Å². The lowest BCUT2D eigenvalue weighted by molar-refractivity contribution is -0.121. The van der Waals surface area contributed by atoms with Gasteiger partial charge in [0.15, 0.2) is 17.3 Å². The highest BCUT2D eigenvalue weighted by atomic mass is 35.5. The van der Waals surface area contributed by atoms with Crippen LogP contribution in [0.2, 0.25) is 5.02 Å². The predicted octanol–water partition coefficient (Wildman–Crippen LogP) is 5.23. The Labute approximate surface area is 214 Å². The van der Waals surface area contributed by atoms with Crippen molar-refractivity contribution < 1.29 is 33.7 Å². The van der Waals surface area contributed by atoms with Gasteiger partial charge < -0.3 is 19.3 Å². The highest BCUT2D eigenvalue weighted by Crippen LogP contribution is 2.51. The van der Waals surface area contributed by atoms with Gasteiger partial charge in [0, 0.05) is 30.0 Å². The largest absolute Gasteiger partial charge is 0.493 e. The van der Waals surface area contributed by atoms with Gasteiger partial charge in [0.05, 0.1) is 37.6 Å². The minimum Gasteiger partial charge on any atom is -0.493 e. The average molecular weight is 514 g/mol. The Morgan fingerprint density at radius 1 is 1.03 bits per heavy atom. The van der Waals surface area contributed by atoms with Crippen LogP contribution < -0.4 is 19.1 Å². The number of benzene rings is 2. The Balaban J connectivity index is 1.95. The van der Waals surface area contributed by atoms with Gasteiger partial charge in [-0.3, -0.25) is 14.5 Å². The number of aromatic carboxylic acids is 1. The maximum atomic E-state index is 13.7.